The van der Waals surface area contributed by atoms with Crippen molar-refractivity contribution < 1.29 is 9.18 Å². The first-order valence-corrected chi connectivity index (χ1v) is 4.93. The van der Waals surface area contributed by atoms with Crippen LogP contribution < -0.4 is 0 Å². The van der Waals surface area contributed by atoms with Crippen LogP contribution in [0.4, 0.5) is 4.39 Å². The molecule has 0 fully saturated rings. The van der Waals surface area contributed by atoms with Gasteiger partial charge in [0.05, 0.1) is 16.7 Å². The van der Waals surface area contributed by atoms with Gasteiger partial charge in [-0.25, -0.2) is 4.39 Å². The Labute approximate surface area is 98.0 Å². The summed E-state index contributed by atoms with van der Waals surface area (Å²) in [5.41, 5.74) is 0.451. The van der Waals surface area contributed by atoms with Gasteiger partial charge in [-0.15, -0.1) is 0 Å². The van der Waals surface area contributed by atoms with E-state index in [1.54, 1.807) is 6.92 Å². The first kappa shape index (κ1) is 12.5. The monoisotopic (exact) mass is 240 g/mol. The van der Waals surface area contributed by atoms with Crippen molar-refractivity contribution in [2.45, 2.75) is 6.92 Å². The predicted octanol–water partition coefficient (Wildman–Crippen LogP) is 2.38. The Morgan fingerprint density at radius 3 is 2.81 bits per heavy atom. The Balaban J connectivity index is 3.10. The number of nitriles is 1. The Bertz CT molecular complexity index is 468. The highest BCUT2D eigenvalue weighted by atomic mass is 35.5. The van der Waals surface area contributed by atoms with Crippen molar-refractivity contribution in [3.63, 3.8) is 0 Å². The van der Waals surface area contributed by atoms with Crippen LogP contribution in [0.2, 0.25) is 5.02 Å². The van der Waals surface area contributed by atoms with E-state index in [9.17, 15) is 9.18 Å². The lowest BCUT2D eigenvalue weighted by atomic mass is 10.1. The van der Waals surface area contributed by atoms with Crippen LogP contribution in [0.15, 0.2) is 12.1 Å². The zero-order valence-electron chi connectivity index (χ0n) is 8.92. The summed E-state index contributed by atoms with van der Waals surface area (Å²) in [4.78, 5) is 12.9. The molecule has 0 saturated heterocycles. The van der Waals surface area contributed by atoms with Crippen LogP contribution >= 0.6 is 11.6 Å². The standard InChI is InChI=1S/C11H10ClFN2O/c1-7-5-9(12)8(6-10(7)13)11(16)15(2)4-3-14/h5-6H,4H2,1-2H3. The summed E-state index contributed by atoms with van der Waals surface area (Å²) >= 11 is 5.84. The fourth-order valence-corrected chi connectivity index (χ4v) is 1.49. The number of carbonyl (C=O) groups excluding carboxylic acids is 1. The topological polar surface area (TPSA) is 44.1 Å². The van der Waals surface area contributed by atoms with Crippen molar-refractivity contribution in [3.8, 4) is 6.07 Å². The van der Waals surface area contributed by atoms with Crippen molar-refractivity contribution >= 4 is 17.5 Å². The highest BCUT2D eigenvalue weighted by Gasteiger charge is 2.16. The van der Waals surface area contributed by atoms with E-state index in [1.165, 1.54) is 18.0 Å². The van der Waals surface area contributed by atoms with E-state index in [0.29, 0.717) is 5.56 Å². The van der Waals surface area contributed by atoms with Gasteiger partial charge >= 0.3 is 0 Å². The molecule has 0 atom stereocenters. The predicted molar refractivity (Wildman–Crippen MR) is 58.7 cm³/mol. The number of nitrogens with zero attached hydrogens (tertiary/aromatic N) is 2. The van der Waals surface area contributed by atoms with Gasteiger partial charge in [-0.3, -0.25) is 4.79 Å². The second-order valence-electron chi connectivity index (χ2n) is 3.40. The molecule has 0 aromatic heterocycles. The molecule has 0 heterocycles. The van der Waals surface area contributed by atoms with Gasteiger partial charge in [0.15, 0.2) is 0 Å². The third-order valence-corrected chi connectivity index (χ3v) is 2.45. The Hall–Kier alpha value is -1.60. The SMILES string of the molecule is Cc1cc(Cl)c(C(=O)N(C)CC#N)cc1F. The molecule has 0 saturated carbocycles. The van der Waals surface area contributed by atoms with E-state index in [4.69, 9.17) is 16.9 Å². The molecule has 1 aromatic carbocycles. The lowest BCUT2D eigenvalue weighted by Gasteiger charge is -2.14. The number of hydrogen-bond acceptors (Lipinski definition) is 2. The molecular weight excluding hydrogens is 231 g/mol. The number of aryl methyl sites for hydroxylation is 1. The normalized spacial score (nSPS) is 9.69. The molecule has 16 heavy (non-hydrogen) atoms. The lowest BCUT2D eigenvalue weighted by Crippen LogP contribution is -2.27. The van der Waals surface area contributed by atoms with Crippen LogP contribution in [0.1, 0.15) is 15.9 Å². The molecule has 0 unspecified atom stereocenters. The number of carbonyl (C=O) groups is 1. The zero-order chi connectivity index (χ0) is 12.3. The Kier molecular flexibility index (Phi) is 3.86. The molecular formula is C11H10ClFN2O. The van der Waals surface area contributed by atoms with E-state index < -0.39 is 11.7 Å². The number of benzene rings is 1. The minimum Gasteiger partial charge on any atom is -0.328 e. The van der Waals surface area contributed by atoms with Gasteiger partial charge in [0.2, 0.25) is 0 Å². The summed E-state index contributed by atoms with van der Waals surface area (Å²) in [6, 6.07) is 4.32. The summed E-state index contributed by atoms with van der Waals surface area (Å²) in [5.74, 6) is -0.955. The molecule has 1 amide bonds. The average Bonchev–Trinajstić information content (AvgIpc) is 2.23. The van der Waals surface area contributed by atoms with Gasteiger partial charge in [0.25, 0.3) is 5.91 Å². The first-order valence-electron chi connectivity index (χ1n) is 4.55. The fourth-order valence-electron chi connectivity index (χ4n) is 1.19. The number of hydrogen-bond donors (Lipinski definition) is 0. The van der Waals surface area contributed by atoms with Crippen LogP contribution in [-0.4, -0.2) is 24.4 Å². The van der Waals surface area contributed by atoms with Crippen molar-refractivity contribution in [1.82, 2.24) is 4.90 Å². The smallest absolute Gasteiger partial charge is 0.256 e. The van der Waals surface area contributed by atoms with E-state index in [2.05, 4.69) is 0 Å². The van der Waals surface area contributed by atoms with Crippen LogP contribution in [0, 0.1) is 24.1 Å². The Morgan fingerprint density at radius 2 is 2.25 bits per heavy atom. The van der Waals surface area contributed by atoms with Crippen molar-refractivity contribution in [3.05, 3.63) is 34.1 Å². The highest BCUT2D eigenvalue weighted by molar-refractivity contribution is 6.33. The molecule has 0 spiro atoms. The Morgan fingerprint density at radius 1 is 1.62 bits per heavy atom. The van der Waals surface area contributed by atoms with Crippen molar-refractivity contribution in [2.24, 2.45) is 0 Å². The molecule has 0 aliphatic rings. The fraction of sp³-hybridized carbons (Fsp3) is 0.273. The molecule has 3 nitrogen and oxygen atoms in total. The molecule has 0 bridgehead atoms. The first-order chi connectivity index (χ1) is 7.47. The van der Waals surface area contributed by atoms with Gasteiger partial charge in [-0.2, -0.15) is 5.26 Å². The lowest BCUT2D eigenvalue weighted by molar-refractivity contribution is 0.0811. The molecule has 1 aromatic rings. The molecule has 0 aliphatic heterocycles. The third kappa shape index (κ3) is 2.50. The van der Waals surface area contributed by atoms with Crippen LogP contribution in [0.25, 0.3) is 0 Å². The number of rotatable bonds is 2. The summed E-state index contributed by atoms with van der Waals surface area (Å²) in [5, 5.41) is 8.64. The van der Waals surface area contributed by atoms with Gasteiger partial charge in [0, 0.05) is 7.05 Å². The second-order valence-corrected chi connectivity index (χ2v) is 3.81. The largest absolute Gasteiger partial charge is 0.328 e. The van der Waals surface area contributed by atoms with Crippen LogP contribution in [0.5, 0.6) is 0 Å². The van der Waals surface area contributed by atoms with Crippen LogP contribution in [-0.2, 0) is 0 Å². The van der Waals surface area contributed by atoms with Gasteiger partial charge < -0.3 is 4.90 Å². The second kappa shape index (κ2) is 4.95. The van der Waals surface area contributed by atoms with E-state index >= 15 is 0 Å². The minimum absolute atomic E-state index is 0.0648. The highest BCUT2D eigenvalue weighted by Crippen LogP contribution is 2.21. The number of halogens is 2. The maximum Gasteiger partial charge on any atom is 0.256 e. The summed E-state index contributed by atoms with van der Waals surface area (Å²) in [6.45, 7) is 1.50. The quantitative estimate of drug-likeness (QED) is 0.745. The van der Waals surface area contributed by atoms with Gasteiger partial charge in [-0.05, 0) is 24.6 Å². The maximum absolute atomic E-state index is 13.3. The summed E-state index contributed by atoms with van der Waals surface area (Å²) in [6.07, 6.45) is 0. The maximum atomic E-state index is 13.3. The molecule has 84 valence electrons. The van der Waals surface area contributed by atoms with E-state index in [0.717, 1.165) is 6.07 Å². The molecule has 5 heteroatoms. The van der Waals surface area contributed by atoms with E-state index in [1.807, 2.05) is 6.07 Å². The molecule has 0 aliphatic carbocycles. The van der Waals surface area contributed by atoms with Crippen LogP contribution in [0.3, 0.4) is 0 Å². The average molecular weight is 241 g/mol. The van der Waals surface area contributed by atoms with Crippen molar-refractivity contribution in [2.75, 3.05) is 13.6 Å². The third-order valence-electron chi connectivity index (χ3n) is 2.13. The van der Waals surface area contributed by atoms with Gasteiger partial charge in [-0.1, -0.05) is 11.6 Å². The summed E-state index contributed by atoms with van der Waals surface area (Å²) < 4.78 is 13.3. The number of amides is 1. The van der Waals surface area contributed by atoms with Crippen molar-refractivity contribution in [1.29, 1.82) is 5.26 Å². The molecule has 0 radical (unpaired) electrons. The summed E-state index contributed by atoms with van der Waals surface area (Å²) in [7, 11) is 1.46. The van der Waals surface area contributed by atoms with Gasteiger partial charge in [0.1, 0.15) is 12.4 Å². The van der Waals surface area contributed by atoms with E-state index in [-0.39, 0.29) is 17.1 Å². The minimum atomic E-state index is -0.488. The zero-order valence-corrected chi connectivity index (χ0v) is 9.68. The molecule has 1 rings (SSSR count). The molecule has 0 N–H and O–H groups in total.